The van der Waals surface area contributed by atoms with Gasteiger partial charge in [-0.15, -0.1) is 0 Å². The normalized spacial score (nSPS) is 23.1. The van der Waals surface area contributed by atoms with Gasteiger partial charge in [-0.1, -0.05) is 13.3 Å². The fourth-order valence-corrected chi connectivity index (χ4v) is 9.58. The van der Waals surface area contributed by atoms with Crippen LogP contribution < -0.4 is 23.7 Å². The van der Waals surface area contributed by atoms with E-state index in [1.54, 1.807) is 64.1 Å². The third kappa shape index (κ3) is 5.80. The molecule has 0 radical (unpaired) electrons. The summed E-state index contributed by atoms with van der Waals surface area (Å²) in [4.78, 5) is 2.89. The molecule has 3 aromatic rings. The third-order valence-electron chi connectivity index (χ3n) is 10.4. The summed E-state index contributed by atoms with van der Waals surface area (Å²) in [6.07, 6.45) is 4.25. The molecule has 4 atom stereocenters. The second-order valence-corrected chi connectivity index (χ2v) is 14.4. The number of hydrogen-bond acceptors (Lipinski definition) is 8. The molecule has 9 nitrogen and oxygen atoms in total. The number of nitrogens with zero attached hydrogens (tertiary/aromatic N) is 2. The van der Waals surface area contributed by atoms with Crippen LogP contribution in [0.4, 0.5) is 0 Å². The first-order valence-corrected chi connectivity index (χ1v) is 17.6. The first kappa shape index (κ1) is 32.5. The molecule has 1 fully saturated rings. The molecule has 0 aromatic heterocycles. The third-order valence-corrected chi connectivity index (χ3v) is 12.4. The number of piperidine rings is 1. The second-order valence-electron chi connectivity index (χ2n) is 12.5. The summed E-state index contributed by atoms with van der Waals surface area (Å²) < 4.78 is 58.5. The number of fused-ring (bicyclic) bond motifs is 4. The van der Waals surface area contributed by atoms with Crippen LogP contribution in [0.5, 0.6) is 28.7 Å². The standard InChI is InChI=1S/C36H46N2O7S/c1-7-23-22-37-14-12-24-18-33(42-3)35(44-5)20-29(24)31(37)16-26(23)17-32-30-21-36(45-6)34(43-4)19-25(30)13-15-38(32)46(39,40)28-10-8-27(41-2)9-11-28/h8-11,18-21,23,26,31-32H,7,12-17,22H2,1-6H3. The van der Waals surface area contributed by atoms with Gasteiger partial charge in [-0.2, -0.15) is 4.31 Å². The predicted molar refractivity (Wildman–Crippen MR) is 177 cm³/mol. The van der Waals surface area contributed by atoms with Crippen LogP contribution in [-0.2, 0) is 22.9 Å². The Hall–Kier alpha value is -3.47. The fourth-order valence-electron chi connectivity index (χ4n) is 7.96. The predicted octanol–water partition coefficient (Wildman–Crippen LogP) is 6.05. The summed E-state index contributed by atoms with van der Waals surface area (Å²) in [5, 5.41) is 0. The van der Waals surface area contributed by atoms with Crippen molar-refractivity contribution in [2.75, 3.05) is 55.2 Å². The van der Waals surface area contributed by atoms with Crippen LogP contribution in [0.15, 0.2) is 53.4 Å². The minimum atomic E-state index is -3.81. The van der Waals surface area contributed by atoms with Gasteiger partial charge in [-0.25, -0.2) is 8.42 Å². The van der Waals surface area contributed by atoms with Crippen molar-refractivity contribution >= 4 is 10.0 Å². The van der Waals surface area contributed by atoms with Crippen molar-refractivity contribution in [3.05, 3.63) is 70.8 Å². The zero-order valence-corrected chi connectivity index (χ0v) is 28.6. The Balaban J connectivity index is 1.40. The Morgan fingerprint density at radius 1 is 0.717 bits per heavy atom. The summed E-state index contributed by atoms with van der Waals surface area (Å²) in [7, 11) is 4.39. The summed E-state index contributed by atoms with van der Waals surface area (Å²) in [6.45, 7) is 4.63. The molecule has 10 heteroatoms. The minimum absolute atomic E-state index is 0.233. The molecule has 0 spiro atoms. The van der Waals surface area contributed by atoms with Gasteiger partial charge < -0.3 is 23.7 Å². The molecular weight excluding hydrogens is 604 g/mol. The molecule has 0 saturated carbocycles. The molecule has 0 aliphatic carbocycles. The van der Waals surface area contributed by atoms with Crippen molar-refractivity contribution in [2.24, 2.45) is 11.8 Å². The highest BCUT2D eigenvalue weighted by Gasteiger charge is 2.43. The largest absolute Gasteiger partial charge is 0.497 e. The summed E-state index contributed by atoms with van der Waals surface area (Å²) in [5.41, 5.74) is 4.70. The number of methoxy groups -OCH3 is 5. The van der Waals surface area contributed by atoms with Crippen LogP contribution in [0, 0.1) is 11.8 Å². The summed E-state index contributed by atoms with van der Waals surface area (Å²) in [5.74, 6) is 4.13. The van der Waals surface area contributed by atoms with E-state index in [0.29, 0.717) is 48.5 Å². The lowest BCUT2D eigenvalue weighted by Gasteiger charge is -2.49. The number of benzene rings is 3. The van der Waals surface area contributed by atoms with Crippen LogP contribution in [0.1, 0.15) is 60.5 Å². The first-order valence-electron chi connectivity index (χ1n) is 16.2. The van der Waals surface area contributed by atoms with E-state index >= 15 is 0 Å². The van der Waals surface area contributed by atoms with Gasteiger partial charge >= 0.3 is 0 Å². The van der Waals surface area contributed by atoms with Crippen LogP contribution >= 0.6 is 0 Å². The quantitative estimate of drug-likeness (QED) is 0.262. The molecular formula is C36H46N2O7S. The van der Waals surface area contributed by atoms with Crippen molar-refractivity contribution in [1.82, 2.24) is 9.21 Å². The van der Waals surface area contributed by atoms with Crippen LogP contribution in [0.25, 0.3) is 0 Å². The molecule has 248 valence electrons. The molecule has 1 saturated heterocycles. The van der Waals surface area contributed by atoms with Crippen molar-refractivity contribution in [3.63, 3.8) is 0 Å². The highest BCUT2D eigenvalue weighted by molar-refractivity contribution is 7.89. The van der Waals surface area contributed by atoms with Gasteiger partial charge in [0.15, 0.2) is 23.0 Å². The second kappa shape index (κ2) is 13.3. The lowest BCUT2D eigenvalue weighted by atomic mass is 9.72. The molecule has 0 amide bonds. The van der Waals surface area contributed by atoms with E-state index in [1.165, 1.54) is 11.1 Å². The lowest BCUT2D eigenvalue weighted by Crippen LogP contribution is -2.47. The van der Waals surface area contributed by atoms with Gasteiger partial charge in [-0.3, -0.25) is 4.90 Å². The lowest BCUT2D eigenvalue weighted by molar-refractivity contribution is 0.0386. The highest BCUT2D eigenvalue weighted by Crippen LogP contribution is 2.50. The Kier molecular flexibility index (Phi) is 9.41. The van der Waals surface area contributed by atoms with E-state index in [-0.39, 0.29) is 17.0 Å². The van der Waals surface area contributed by atoms with Crippen molar-refractivity contribution < 1.29 is 32.1 Å². The van der Waals surface area contributed by atoms with Crippen LogP contribution in [0.2, 0.25) is 0 Å². The number of rotatable bonds is 10. The fraction of sp³-hybridized carbons (Fsp3) is 0.500. The Labute approximate surface area is 273 Å². The van der Waals surface area contributed by atoms with Crippen molar-refractivity contribution in [2.45, 2.75) is 56.0 Å². The van der Waals surface area contributed by atoms with Crippen LogP contribution in [0.3, 0.4) is 0 Å². The maximum absolute atomic E-state index is 14.4. The molecule has 3 heterocycles. The smallest absolute Gasteiger partial charge is 0.243 e. The van der Waals surface area contributed by atoms with Crippen molar-refractivity contribution in [1.29, 1.82) is 0 Å². The molecule has 0 N–H and O–H groups in total. The highest BCUT2D eigenvalue weighted by atomic mass is 32.2. The number of hydrogen-bond donors (Lipinski definition) is 0. The molecule has 3 aromatic carbocycles. The summed E-state index contributed by atoms with van der Waals surface area (Å²) in [6, 6.07) is 14.9. The van der Waals surface area contributed by atoms with E-state index in [4.69, 9.17) is 23.7 Å². The van der Waals surface area contributed by atoms with Crippen LogP contribution in [-0.4, -0.2) is 72.8 Å². The zero-order valence-electron chi connectivity index (χ0n) is 27.7. The maximum atomic E-state index is 14.4. The van der Waals surface area contributed by atoms with Gasteiger partial charge in [0.25, 0.3) is 0 Å². The maximum Gasteiger partial charge on any atom is 0.243 e. The topological polar surface area (TPSA) is 86.8 Å². The number of sulfonamides is 1. The molecule has 0 bridgehead atoms. The SMILES string of the molecule is CCC1CN2CCc3cc(OC)c(OC)cc3C2CC1CC1c2cc(OC)c(OC)cc2CCN1S(=O)(=O)c1ccc(OC)cc1. The average Bonchev–Trinajstić information content (AvgIpc) is 3.09. The monoisotopic (exact) mass is 650 g/mol. The van der Waals surface area contributed by atoms with E-state index < -0.39 is 10.0 Å². The van der Waals surface area contributed by atoms with Gasteiger partial charge in [0.1, 0.15) is 5.75 Å². The first-order chi connectivity index (χ1) is 22.3. The van der Waals surface area contributed by atoms with Gasteiger partial charge in [0, 0.05) is 25.7 Å². The van der Waals surface area contributed by atoms with E-state index in [0.717, 1.165) is 55.0 Å². The summed E-state index contributed by atoms with van der Waals surface area (Å²) >= 11 is 0. The minimum Gasteiger partial charge on any atom is -0.497 e. The average molecular weight is 651 g/mol. The van der Waals surface area contributed by atoms with E-state index in [1.807, 2.05) is 12.1 Å². The van der Waals surface area contributed by atoms with Crippen molar-refractivity contribution in [3.8, 4) is 28.7 Å². The molecule has 3 aliphatic rings. The molecule has 3 aliphatic heterocycles. The van der Waals surface area contributed by atoms with Gasteiger partial charge in [0.05, 0.1) is 46.5 Å². The molecule has 4 unspecified atom stereocenters. The van der Waals surface area contributed by atoms with Gasteiger partial charge in [0.2, 0.25) is 10.0 Å². The van der Waals surface area contributed by atoms with Gasteiger partial charge in [-0.05, 0) is 108 Å². The Morgan fingerprint density at radius 2 is 1.28 bits per heavy atom. The Morgan fingerprint density at radius 3 is 1.87 bits per heavy atom. The Bertz CT molecular complexity index is 1660. The van der Waals surface area contributed by atoms with E-state index in [2.05, 4.69) is 24.0 Å². The molecule has 6 rings (SSSR count). The zero-order chi connectivity index (χ0) is 32.6. The molecule has 46 heavy (non-hydrogen) atoms. The number of ether oxygens (including phenoxy) is 5. The van der Waals surface area contributed by atoms with E-state index in [9.17, 15) is 8.42 Å².